The third-order valence-corrected chi connectivity index (χ3v) is 3.20. The highest BCUT2D eigenvalue weighted by Crippen LogP contribution is 2.16. The molecule has 0 heterocycles. The molecule has 0 saturated carbocycles. The molecule has 0 aliphatic rings. The predicted octanol–water partition coefficient (Wildman–Crippen LogP) is 2.54. The number of aryl methyl sites for hydroxylation is 2. The maximum Gasteiger partial charge on any atom is 0.337 e. The van der Waals surface area contributed by atoms with Gasteiger partial charge >= 0.3 is 6.03 Å². The van der Waals surface area contributed by atoms with Gasteiger partial charge in [0.05, 0.1) is 0 Å². The maximum atomic E-state index is 11.6. The van der Waals surface area contributed by atoms with E-state index >= 15 is 0 Å². The van der Waals surface area contributed by atoms with Crippen molar-refractivity contribution in [1.29, 1.82) is 0 Å². The molecule has 0 saturated heterocycles. The lowest BCUT2D eigenvalue weighted by Crippen LogP contribution is -2.45. The van der Waals surface area contributed by atoms with Gasteiger partial charge in [-0.2, -0.15) is 0 Å². The standard InChI is InChI=1S/C17H19N3O3/c1-12-8-9-15(10-13(12)2)23-11-16(21)19-20-17(22)18-14-6-4-3-5-7-14/h3-10H,11H2,1-2H3,(H,19,21)(H2,18,20,22). The molecule has 23 heavy (non-hydrogen) atoms. The van der Waals surface area contributed by atoms with Crippen LogP contribution in [0, 0.1) is 13.8 Å². The quantitative estimate of drug-likeness (QED) is 0.759. The van der Waals surface area contributed by atoms with Crippen molar-refractivity contribution in [1.82, 2.24) is 10.9 Å². The van der Waals surface area contributed by atoms with Gasteiger partial charge in [0.25, 0.3) is 5.91 Å². The molecule has 0 aromatic heterocycles. The lowest BCUT2D eigenvalue weighted by Gasteiger charge is -2.10. The summed E-state index contributed by atoms with van der Waals surface area (Å²) in [7, 11) is 0. The van der Waals surface area contributed by atoms with E-state index in [1.165, 1.54) is 0 Å². The lowest BCUT2D eigenvalue weighted by atomic mass is 10.1. The molecule has 3 N–H and O–H groups in total. The minimum Gasteiger partial charge on any atom is -0.484 e. The van der Waals surface area contributed by atoms with Gasteiger partial charge in [-0.1, -0.05) is 24.3 Å². The Morgan fingerprint density at radius 2 is 1.70 bits per heavy atom. The Balaban J connectivity index is 1.72. The molecule has 0 aliphatic carbocycles. The van der Waals surface area contributed by atoms with Crippen LogP contribution in [0.1, 0.15) is 11.1 Å². The van der Waals surface area contributed by atoms with Crippen molar-refractivity contribution in [3.8, 4) is 5.75 Å². The minimum absolute atomic E-state index is 0.186. The summed E-state index contributed by atoms with van der Waals surface area (Å²) in [4.78, 5) is 23.2. The number of benzene rings is 2. The third kappa shape index (κ3) is 5.35. The molecule has 0 unspecified atom stereocenters. The first-order valence-corrected chi connectivity index (χ1v) is 7.15. The summed E-state index contributed by atoms with van der Waals surface area (Å²) in [5.41, 5.74) is 7.40. The fourth-order valence-corrected chi connectivity index (χ4v) is 1.80. The van der Waals surface area contributed by atoms with Gasteiger partial charge in [0.1, 0.15) is 5.75 Å². The molecule has 0 radical (unpaired) electrons. The molecule has 6 heteroatoms. The first kappa shape index (κ1) is 16.4. The Labute approximate surface area is 134 Å². The molecule has 0 fully saturated rings. The highest BCUT2D eigenvalue weighted by Gasteiger charge is 2.06. The zero-order chi connectivity index (χ0) is 16.7. The Kier molecular flexibility index (Phi) is 5.57. The van der Waals surface area contributed by atoms with E-state index in [1.807, 2.05) is 32.0 Å². The SMILES string of the molecule is Cc1ccc(OCC(=O)NNC(=O)Nc2ccccc2)cc1C. The number of para-hydroxylation sites is 1. The molecule has 0 aliphatic heterocycles. The van der Waals surface area contributed by atoms with Crippen molar-refractivity contribution in [3.05, 3.63) is 59.7 Å². The number of hydrogen-bond acceptors (Lipinski definition) is 3. The number of urea groups is 1. The van der Waals surface area contributed by atoms with Gasteiger partial charge in [0.2, 0.25) is 0 Å². The van der Waals surface area contributed by atoms with Crippen LogP contribution < -0.4 is 20.9 Å². The number of ether oxygens (including phenoxy) is 1. The molecule has 0 spiro atoms. The molecular weight excluding hydrogens is 294 g/mol. The Bertz CT molecular complexity index is 687. The van der Waals surface area contributed by atoms with Gasteiger partial charge in [-0.25, -0.2) is 10.2 Å². The second-order valence-corrected chi connectivity index (χ2v) is 5.03. The van der Waals surface area contributed by atoms with Gasteiger partial charge in [-0.15, -0.1) is 0 Å². The molecule has 0 atom stereocenters. The number of amides is 3. The van der Waals surface area contributed by atoms with Gasteiger partial charge in [-0.3, -0.25) is 10.2 Å². The van der Waals surface area contributed by atoms with Gasteiger partial charge in [0.15, 0.2) is 6.61 Å². The minimum atomic E-state index is -0.532. The first-order chi connectivity index (χ1) is 11.0. The van der Waals surface area contributed by atoms with Crippen molar-refractivity contribution in [2.75, 3.05) is 11.9 Å². The van der Waals surface area contributed by atoms with Crippen LogP contribution in [0.5, 0.6) is 5.75 Å². The van der Waals surface area contributed by atoms with Crippen molar-refractivity contribution >= 4 is 17.6 Å². The number of hydrogen-bond donors (Lipinski definition) is 3. The van der Waals surface area contributed by atoms with Crippen LogP contribution in [0.4, 0.5) is 10.5 Å². The number of anilines is 1. The summed E-state index contributed by atoms with van der Waals surface area (Å²) in [6.45, 7) is 3.78. The third-order valence-electron chi connectivity index (χ3n) is 3.20. The Morgan fingerprint density at radius 3 is 2.39 bits per heavy atom. The van der Waals surface area contributed by atoms with Crippen molar-refractivity contribution < 1.29 is 14.3 Å². The van der Waals surface area contributed by atoms with Crippen molar-refractivity contribution in [2.24, 2.45) is 0 Å². The summed E-state index contributed by atoms with van der Waals surface area (Å²) >= 11 is 0. The van der Waals surface area contributed by atoms with E-state index in [-0.39, 0.29) is 6.61 Å². The van der Waals surface area contributed by atoms with E-state index in [4.69, 9.17) is 4.74 Å². The molecule has 120 valence electrons. The normalized spacial score (nSPS) is 9.83. The van der Waals surface area contributed by atoms with E-state index in [9.17, 15) is 9.59 Å². The summed E-state index contributed by atoms with van der Waals surface area (Å²) in [5, 5.41) is 2.58. The van der Waals surface area contributed by atoms with Crippen LogP contribution in [0.15, 0.2) is 48.5 Å². The smallest absolute Gasteiger partial charge is 0.337 e. The van der Waals surface area contributed by atoms with Crippen molar-refractivity contribution in [2.45, 2.75) is 13.8 Å². The average Bonchev–Trinajstić information content (AvgIpc) is 2.55. The monoisotopic (exact) mass is 313 g/mol. The zero-order valence-electron chi connectivity index (χ0n) is 13.1. The van der Waals surface area contributed by atoms with E-state index in [0.29, 0.717) is 11.4 Å². The Morgan fingerprint density at radius 1 is 0.957 bits per heavy atom. The van der Waals surface area contributed by atoms with Gasteiger partial charge < -0.3 is 10.1 Å². The van der Waals surface area contributed by atoms with E-state index in [0.717, 1.165) is 11.1 Å². The van der Waals surface area contributed by atoms with Gasteiger partial charge in [0, 0.05) is 5.69 Å². The fraction of sp³-hybridized carbons (Fsp3) is 0.176. The number of rotatable bonds is 4. The van der Waals surface area contributed by atoms with E-state index in [2.05, 4.69) is 16.2 Å². The summed E-state index contributed by atoms with van der Waals surface area (Å²) in [5.74, 6) is 0.156. The van der Waals surface area contributed by atoms with E-state index < -0.39 is 11.9 Å². The highest BCUT2D eigenvalue weighted by atomic mass is 16.5. The number of nitrogens with one attached hydrogen (secondary N) is 3. The number of carbonyl (C=O) groups is 2. The summed E-state index contributed by atoms with van der Waals surface area (Å²) in [6.07, 6.45) is 0. The fourth-order valence-electron chi connectivity index (χ4n) is 1.80. The van der Waals surface area contributed by atoms with Crippen LogP contribution in [-0.4, -0.2) is 18.5 Å². The van der Waals surface area contributed by atoms with Gasteiger partial charge in [-0.05, 0) is 49.2 Å². The van der Waals surface area contributed by atoms with E-state index in [1.54, 1.807) is 30.3 Å². The molecule has 2 rings (SSSR count). The van der Waals surface area contributed by atoms with Crippen molar-refractivity contribution in [3.63, 3.8) is 0 Å². The highest BCUT2D eigenvalue weighted by molar-refractivity contribution is 5.91. The molecule has 2 aromatic rings. The molecule has 0 bridgehead atoms. The van der Waals surface area contributed by atoms with Crippen LogP contribution in [0.25, 0.3) is 0 Å². The summed E-state index contributed by atoms with van der Waals surface area (Å²) in [6, 6.07) is 14.0. The predicted molar refractivity (Wildman–Crippen MR) is 88.2 cm³/mol. The molecular formula is C17H19N3O3. The summed E-state index contributed by atoms with van der Waals surface area (Å²) < 4.78 is 5.37. The molecule has 3 amide bonds. The average molecular weight is 313 g/mol. The largest absolute Gasteiger partial charge is 0.484 e. The number of carbonyl (C=O) groups excluding carboxylic acids is 2. The maximum absolute atomic E-state index is 11.6. The zero-order valence-corrected chi connectivity index (χ0v) is 13.1. The second kappa shape index (κ2) is 7.84. The lowest BCUT2D eigenvalue weighted by molar-refractivity contribution is -0.123. The van der Waals surface area contributed by atoms with Crippen LogP contribution >= 0.6 is 0 Å². The molecule has 2 aromatic carbocycles. The number of hydrazine groups is 1. The Hall–Kier alpha value is -3.02. The topological polar surface area (TPSA) is 79.5 Å². The van der Waals surface area contributed by atoms with Crippen LogP contribution in [0.2, 0.25) is 0 Å². The second-order valence-electron chi connectivity index (χ2n) is 5.03. The first-order valence-electron chi connectivity index (χ1n) is 7.15. The van der Waals surface area contributed by atoms with Crippen LogP contribution in [-0.2, 0) is 4.79 Å². The molecule has 6 nitrogen and oxygen atoms in total. The van der Waals surface area contributed by atoms with Crippen LogP contribution in [0.3, 0.4) is 0 Å².